The van der Waals surface area contributed by atoms with Crippen molar-refractivity contribution in [1.29, 1.82) is 0 Å². The molecule has 0 aromatic heterocycles. The smallest absolute Gasteiger partial charge is 0.248 e. The number of hydrogen-bond donors (Lipinski definition) is 3. The third-order valence-electron chi connectivity index (χ3n) is 9.09. The number of nitrogens with zero attached hydrogens (tertiary/aromatic N) is 1. The Balaban J connectivity index is 1.37. The number of hydrogen-bond acceptors (Lipinski definition) is 6. The number of methoxy groups -OCH3 is 1. The maximum absolute atomic E-state index is 14.6. The zero-order valence-electron chi connectivity index (χ0n) is 23.6. The minimum Gasteiger partial charge on any atom is -0.497 e. The van der Waals surface area contributed by atoms with Gasteiger partial charge >= 0.3 is 0 Å². The maximum atomic E-state index is 14.6. The number of rotatable bonds is 9. The van der Waals surface area contributed by atoms with Crippen LogP contribution in [-0.2, 0) is 20.9 Å². The molecule has 3 saturated heterocycles. The second-order valence-corrected chi connectivity index (χ2v) is 12.9. The van der Waals surface area contributed by atoms with Crippen LogP contribution in [0.5, 0.6) is 5.75 Å². The molecule has 2 bridgehead atoms. The largest absolute Gasteiger partial charge is 0.497 e. The molecular weight excluding hydrogens is 550 g/mol. The summed E-state index contributed by atoms with van der Waals surface area (Å²) in [5.74, 6) is -1.33. The number of fused-ring (bicyclic) bond motifs is 1. The first kappa shape index (κ1) is 28.3. The van der Waals surface area contributed by atoms with Crippen molar-refractivity contribution in [3.63, 3.8) is 0 Å². The number of thioether (sulfide) groups is 1. The van der Waals surface area contributed by atoms with Crippen molar-refractivity contribution >= 4 is 35.2 Å². The first-order chi connectivity index (χ1) is 20.4. The molecule has 3 unspecified atom stereocenters. The highest BCUT2D eigenvalue weighted by molar-refractivity contribution is 8.02. The predicted octanol–water partition coefficient (Wildman–Crippen LogP) is 4.02. The summed E-state index contributed by atoms with van der Waals surface area (Å²) < 4.78 is 4.45. The topological polar surface area (TPSA) is 108 Å². The Labute approximate surface area is 249 Å². The van der Waals surface area contributed by atoms with E-state index >= 15 is 0 Å². The zero-order valence-corrected chi connectivity index (χ0v) is 24.4. The van der Waals surface area contributed by atoms with E-state index in [0.29, 0.717) is 18.0 Å². The van der Waals surface area contributed by atoms with Gasteiger partial charge in [-0.1, -0.05) is 67.6 Å². The van der Waals surface area contributed by atoms with Crippen molar-refractivity contribution in [2.75, 3.05) is 19.0 Å². The van der Waals surface area contributed by atoms with Gasteiger partial charge < -0.3 is 25.4 Å². The fourth-order valence-corrected chi connectivity index (χ4v) is 9.62. The minimum absolute atomic E-state index is 0.00589. The normalized spacial score (nSPS) is 28.3. The molecule has 3 aliphatic heterocycles. The van der Waals surface area contributed by atoms with Gasteiger partial charge in [0.2, 0.25) is 17.7 Å². The van der Waals surface area contributed by atoms with Crippen LogP contribution in [0.15, 0.2) is 84.9 Å². The van der Waals surface area contributed by atoms with Crippen LogP contribution >= 0.6 is 11.8 Å². The molecule has 3 aliphatic rings. The summed E-state index contributed by atoms with van der Waals surface area (Å²) in [5.41, 5.74) is 2.30. The highest BCUT2D eigenvalue weighted by Gasteiger charge is 2.76. The molecule has 9 heteroatoms. The lowest BCUT2D eigenvalue weighted by atomic mass is 9.66. The number of aliphatic hydroxyl groups is 1. The van der Waals surface area contributed by atoms with Gasteiger partial charge in [0.1, 0.15) is 11.8 Å². The maximum Gasteiger partial charge on any atom is 0.248 e. The lowest BCUT2D eigenvalue weighted by molar-refractivity contribution is -0.142. The molecule has 3 aromatic carbocycles. The van der Waals surface area contributed by atoms with Gasteiger partial charge in [-0.2, -0.15) is 0 Å². The highest BCUT2D eigenvalue weighted by Crippen LogP contribution is 2.69. The molecule has 3 fully saturated rings. The van der Waals surface area contributed by atoms with Crippen LogP contribution in [0.4, 0.5) is 5.69 Å². The van der Waals surface area contributed by atoms with Gasteiger partial charge in [0.15, 0.2) is 0 Å². The number of likely N-dealkylation sites (tertiary alicyclic amines) is 1. The molecule has 3 amide bonds. The summed E-state index contributed by atoms with van der Waals surface area (Å²) in [6, 6.07) is 24.4. The number of carbonyl (C=O) groups is 3. The molecule has 42 heavy (non-hydrogen) atoms. The average Bonchev–Trinajstić information content (AvgIpc) is 3.61. The van der Waals surface area contributed by atoms with E-state index in [1.165, 1.54) is 0 Å². The van der Waals surface area contributed by atoms with Gasteiger partial charge in [-0.3, -0.25) is 14.4 Å². The number of amides is 3. The average molecular weight is 586 g/mol. The molecule has 0 radical (unpaired) electrons. The van der Waals surface area contributed by atoms with E-state index in [2.05, 4.69) is 17.6 Å². The van der Waals surface area contributed by atoms with E-state index in [0.717, 1.165) is 17.5 Å². The van der Waals surface area contributed by atoms with E-state index in [1.807, 2.05) is 60.7 Å². The van der Waals surface area contributed by atoms with Crippen LogP contribution in [0.25, 0.3) is 0 Å². The molecule has 3 aromatic rings. The predicted molar refractivity (Wildman–Crippen MR) is 162 cm³/mol. The quantitative estimate of drug-likeness (QED) is 0.350. The van der Waals surface area contributed by atoms with Crippen LogP contribution in [0, 0.1) is 17.8 Å². The third kappa shape index (κ3) is 4.65. The zero-order chi connectivity index (χ0) is 29.4. The number of benzene rings is 3. The molecule has 1 spiro atoms. The van der Waals surface area contributed by atoms with Crippen molar-refractivity contribution in [2.24, 2.45) is 17.8 Å². The molecule has 0 aliphatic carbocycles. The van der Waals surface area contributed by atoms with Crippen LogP contribution in [0.2, 0.25) is 0 Å². The van der Waals surface area contributed by atoms with Gasteiger partial charge in [-0.15, -0.1) is 11.8 Å². The Kier molecular flexibility index (Phi) is 7.72. The third-order valence-corrected chi connectivity index (χ3v) is 11.2. The number of nitrogens with one attached hydrogen (secondary N) is 2. The Bertz CT molecular complexity index is 1450. The summed E-state index contributed by atoms with van der Waals surface area (Å²) in [6.07, 6.45) is 0.729. The van der Waals surface area contributed by atoms with Crippen LogP contribution in [0.1, 0.15) is 30.5 Å². The standard InChI is InChI=1S/C33H35N3O5S/c1-20-17-26-27(30(38)34-18-21-9-5-3-6-10-21)28-32(40)36(25(19-37)22-11-7-4-8-12-22)29(33(20,28)42-26)31(39)35-23-13-15-24(41-2)16-14-23/h3-16,20,25-29,37H,17-19H2,1-2H3,(H,34,38)(H,35,39)/t20?,25-,26+,27-,28+,29?,33?/m1/s1. The number of anilines is 1. The summed E-state index contributed by atoms with van der Waals surface area (Å²) in [6.45, 7) is 2.10. The van der Waals surface area contributed by atoms with Crippen molar-refractivity contribution in [1.82, 2.24) is 10.2 Å². The van der Waals surface area contributed by atoms with E-state index in [1.54, 1.807) is 48.0 Å². The molecule has 3 N–H and O–H groups in total. The first-order valence-corrected chi connectivity index (χ1v) is 15.2. The monoisotopic (exact) mass is 585 g/mol. The summed E-state index contributed by atoms with van der Waals surface area (Å²) >= 11 is 1.61. The van der Waals surface area contributed by atoms with E-state index in [9.17, 15) is 19.5 Å². The summed E-state index contributed by atoms with van der Waals surface area (Å²) in [4.78, 5) is 44.2. The Morgan fingerprint density at radius 2 is 1.69 bits per heavy atom. The fraction of sp³-hybridized carbons (Fsp3) is 0.364. The van der Waals surface area contributed by atoms with Crippen molar-refractivity contribution in [3.8, 4) is 5.75 Å². The highest BCUT2D eigenvalue weighted by atomic mass is 32.2. The molecule has 3 heterocycles. The molecule has 7 atom stereocenters. The van der Waals surface area contributed by atoms with Crippen molar-refractivity contribution in [2.45, 2.75) is 42.0 Å². The lowest BCUT2D eigenvalue weighted by Crippen LogP contribution is -2.55. The van der Waals surface area contributed by atoms with Gasteiger partial charge in [0.25, 0.3) is 0 Å². The van der Waals surface area contributed by atoms with Gasteiger partial charge in [0, 0.05) is 17.5 Å². The number of carbonyl (C=O) groups excluding carboxylic acids is 3. The fourth-order valence-electron chi connectivity index (χ4n) is 7.21. The van der Waals surface area contributed by atoms with Crippen molar-refractivity contribution < 1.29 is 24.2 Å². The minimum atomic E-state index is -0.883. The van der Waals surface area contributed by atoms with E-state index in [-0.39, 0.29) is 35.5 Å². The Hall–Kier alpha value is -3.82. The molecule has 218 valence electrons. The van der Waals surface area contributed by atoms with Crippen LogP contribution in [-0.4, -0.2) is 57.5 Å². The summed E-state index contributed by atoms with van der Waals surface area (Å²) in [5, 5.41) is 16.7. The molecular formula is C33H35N3O5S. The number of aliphatic hydroxyl groups excluding tert-OH is 1. The molecule has 0 saturated carbocycles. The van der Waals surface area contributed by atoms with Crippen molar-refractivity contribution in [3.05, 3.63) is 96.1 Å². The van der Waals surface area contributed by atoms with E-state index < -0.39 is 28.7 Å². The lowest BCUT2D eigenvalue weighted by Gasteiger charge is -2.40. The molecule has 6 rings (SSSR count). The van der Waals surface area contributed by atoms with Gasteiger partial charge in [0.05, 0.1) is 36.3 Å². The van der Waals surface area contributed by atoms with E-state index in [4.69, 9.17) is 4.74 Å². The second-order valence-electron chi connectivity index (χ2n) is 11.3. The second kappa shape index (κ2) is 11.5. The Morgan fingerprint density at radius 3 is 2.33 bits per heavy atom. The van der Waals surface area contributed by atoms with Crippen LogP contribution < -0.4 is 15.4 Å². The SMILES string of the molecule is COc1ccc(NC(=O)C2N([C@H](CO)c3ccccc3)C(=O)[C@@H]3[C@H](C(=O)NCc4ccccc4)[C@@H]4CC(C)C23S4)cc1. The Morgan fingerprint density at radius 1 is 1.02 bits per heavy atom. The van der Waals surface area contributed by atoms with Gasteiger partial charge in [-0.05, 0) is 47.7 Å². The number of ether oxygens (including phenoxy) is 1. The van der Waals surface area contributed by atoms with Crippen LogP contribution in [0.3, 0.4) is 0 Å². The first-order valence-electron chi connectivity index (χ1n) is 14.3. The van der Waals surface area contributed by atoms with Gasteiger partial charge in [-0.25, -0.2) is 0 Å². The molecule has 8 nitrogen and oxygen atoms in total. The summed E-state index contributed by atoms with van der Waals surface area (Å²) in [7, 11) is 1.58.